The van der Waals surface area contributed by atoms with E-state index in [0.29, 0.717) is 18.6 Å². The quantitative estimate of drug-likeness (QED) is 0.516. The summed E-state index contributed by atoms with van der Waals surface area (Å²) in [5, 5.41) is 0. The van der Waals surface area contributed by atoms with Gasteiger partial charge in [-0.1, -0.05) is 19.8 Å². The van der Waals surface area contributed by atoms with Crippen molar-refractivity contribution in [2.45, 2.75) is 64.9 Å². The van der Waals surface area contributed by atoms with Crippen molar-refractivity contribution in [3.05, 3.63) is 0 Å². The number of ether oxygens (including phenoxy) is 1. The second-order valence-electron chi connectivity index (χ2n) is 4.69. The maximum Gasteiger partial charge on any atom is 0.302 e. The van der Waals surface area contributed by atoms with E-state index in [-0.39, 0.29) is 18.0 Å². The summed E-state index contributed by atoms with van der Waals surface area (Å²) >= 11 is 0. The highest BCUT2D eigenvalue weighted by atomic mass is 16.5. The summed E-state index contributed by atoms with van der Waals surface area (Å²) in [7, 11) is 0. The first kappa shape index (κ1) is 13.2. The van der Waals surface area contributed by atoms with Crippen LogP contribution in [0.5, 0.6) is 0 Å². The van der Waals surface area contributed by atoms with Crippen LogP contribution in [0, 0.1) is 5.92 Å². The number of Topliss-reactive ketones (excluding diaryl/α,β-unsaturated/α-hetero) is 1. The summed E-state index contributed by atoms with van der Waals surface area (Å²) in [5.74, 6) is 0.367. The molecule has 0 heterocycles. The van der Waals surface area contributed by atoms with E-state index >= 15 is 0 Å². The molecule has 92 valence electrons. The Morgan fingerprint density at radius 1 is 1.50 bits per heavy atom. The van der Waals surface area contributed by atoms with Crippen molar-refractivity contribution in [3.63, 3.8) is 0 Å². The van der Waals surface area contributed by atoms with Gasteiger partial charge in [-0.05, 0) is 19.3 Å². The Bertz CT molecular complexity index is 248. The molecule has 0 aliphatic heterocycles. The highest BCUT2D eigenvalue weighted by Crippen LogP contribution is 2.29. The van der Waals surface area contributed by atoms with Gasteiger partial charge in [0.2, 0.25) is 0 Å². The molecule has 0 aromatic carbocycles. The molecule has 0 aromatic rings. The zero-order valence-electron chi connectivity index (χ0n) is 10.3. The molecule has 3 heteroatoms. The van der Waals surface area contributed by atoms with Gasteiger partial charge in [0.05, 0.1) is 0 Å². The molecule has 0 aromatic heterocycles. The lowest BCUT2D eigenvalue weighted by Crippen LogP contribution is -2.24. The van der Waals surface area contributed by atoms with Crippen molar-refractivity contribution in [3.8, 4) is 0 Å². The van der Waals surface area contributed by atoms with E-state index in [9.17, 15) is 9.59 Å². The standard InChI is InChI=1S/C13H22O3/c1-3-4-5-6-13(16-10(2)14)11-7-8-12(15)9-11/h11,13H,3-9H2,1-2H3/t11-,13+/m0/s1. The van der Waals surface area contributed by atoms with Gasteiger partial charge in [-0.25, -0.2) is 0 Å². The van der Waals surface area contributed by atoms with Gasteiger partial charge >= 0.3 is 5.97 Å². The number of unbranched alkanes of at least 4 members (excludes halogenated alkanes) is 2. The molecule has 0 saturated heterocycles. The number of ketones is 1. The smallest absolute Gasteiger partial charge is 0.302 e. The summed E-state index contributed by atoms with van der Waals surface area (Å²) in [6.07, 6.45) is 6.44. The molecular weight excluding hydrogens is 204 g/mol. The third-order valence-electron chi connectivity index (χ3n) is 3.22. The minimum absolute atomic E-state index is 0.0319. The van der Waals surface area contributed by atoms with Crippen molar-refractivity contribution >= 4 is 11.8 Å². The van der Waals surface area contributed by atoms with E-state index in [2.05, 4.69) is 6.92 Å². The Balaban J connectivity index is 2.42. The van der Waals surface area contributed by atoms with Crippen LogP contribution in [-0.4, -0.2) is 17.9 Å². The van der Waals surface area contributed by atoms with Crippen LogP contribution in [0.25, 0.3) is 0 Å². The number of hydrogen-bond donors (Lipinski definition) is 0. The summed E-state index contributed by atoms with van der Waals surface area (Å²) < 4.78 is 5.34. The third-order valence-corrected chi connectivity index (χ3v) is 3.22. The average molecular weight is 226 g/mol. The summed E-state index contributed by atoms with van der Waals surface area (Å²) in [5.41, 5.74) is 0. The van der Waals surface area contributed by atoms with E-state index < -0.39 is 0 Å². The molecule has 0 unspecified atom stereocenters. The van der Waals surface area contributed by atoms with Gasteiger partial charge in [-0.15, -0.1) is 0 Å². The normalized spacial score (nSPS) is 22.1. The van der Waals surface area contributed by atoms with E-state index in [0.717, 1.165) is 25.7 Å². The molecule has 3 nitrogen and oxygen atoms in total. The third kappa shape index (κ3) is 4.33. The second-order valence-corrected chi connectivity index (χ2v) is 4.69. The Labute approximate surface area is 97.5 Å². The highest BCUT2D eigenvalue weighted by Gasteiger charge is 2.31. The second kappa shape index (κ2) is 6.66. The molecule has 2 atom stereocenters. The molecule has 0 amide bonds. The SMILES string of the molecule is CCCCC[C@@H](OC(C)=O)[C@H]1CCC(=O)C1. The predicted molar refractivity (Wildman–Crippen MR) is 62.0 cm³/mol. The fourth-order valence-electron chi connectivity index (χ4n) is 2.36. The van der Waals surface area contributed by atoms with Crippen LogP contribution in [-0.2, 0) is 14.3 Å². The van der Waals surface area contributed by atoms with E-state index in [1.54, 1.807) is 0 Å². The van der Waals surface area contributed by atoms with Crippen molar-refractivity contribution in [2.75, 3.05) is 0 Å². The molecule has 1 fully saturated rings. The lowest BCUT2D eigenvalue weighted by molar-refractivity contribution is -0.149. The number of esters is 1. The summed E-state index contributed by atoms with van der Waals surface area (Å²) in [6.45, 7) is 3.60. The molecule has 0 spiro atoms. The number of rotatable bonds is 6. The first-order valence-corrected chi connectivity index (χ1v) is 6.32. The van der Waals surface area contributed by atoms with Crippen molar-refractivity contribution in [2.24, 2.45) is 5.92 Å². The molecule has 0 N–H and O–H groups in total. The topological polar surface area (TPSA) is 43.4 Å². The van der Waals surface area contributed by atoms with Gasteiger partial charge in [0.1, 0.15) is 11.9 Å². The summed E-state index contributed by atoms with van der Waals surface area (Å²) in [4.78, 5) is 22.3. The predicted octanol–water partition coefficient (Wildman–Crippen LogP) is 2.87. The Hall–Kier alpha value is -0.860. The summed E-state index contributed by atoms with van der Waals surface area (Å²) in [6, 6.07) is 0. The van der Waals surface area contributed by atoms with E-state index in [1.165, 1.54) is 13.3 Å². The lowest BCUT2D eigenvalue weighted by atomic mass is 9.95. The van der Waals surface area contributed by atoms with Crippen molar-refractivity contribution in [1.29, 1.82) is 0 Å². The molecular formula is C13H22O3. The van der Waals surface area contributed by atoms with E-state index in [1.807, 2.05) is 0 Å². The van der Waals surface area contributed by atoms with Crippen LogP contribution >= 0.6 is 0 Å². The maximum absolute atomic E-state index is 11.2. The minimum atomic E-state index is -0.221. The minimum Gasteiger partial charge on any atom is -0.462 e. The molecule has 1 rings (SSSR count). The largest absolute Gasteiger partial charge is 0.462 e. The maximum atomic E-state index is 11.2. The zero-order chi connectivity index (χ0) is 12.0. The molecule has 1 aliphatic carbocycles. The number of carbonyl (C=O) groups excluding carboxylic acids is 2. The van der Waals surface area contributed by atoms with Crippen LogP contribution in [0.3, 0.4) is 0 Å². The first-order valence-electron chi connectivity index (χ1n) is 6.32. The van der Waals surface area contributed by atoms with E-state index in [4.69, 9.17) is 4.74 Å². The fourth-order valence-corrected chi connectivity index (χ4v) is 2.36. The molecule has 1 saturated carbocycles. The van der Waals surface area contributed by atoms with Crippen LogP contribution in [0.1, 0.15) is 58.8 Å². The zero-order valence-corrected chi connectivity index (χ0v) is 10.3. The molecule has 0 radical (unpaired) electrons. The average Bonchev–Trinajstić information content (AvgIpc) is 2.63. The Kier molecular flexibility index (Phi) is 5.50. The van der Waals surface area contributed by atoms with Crippen molar-refractivity contribution in [1.82, 2.24) is 0 Å². The Morgan fingerprint density at radius 2 is 2.25 bits per heavy atom. The number of carbonyl (C=O) groups is 2. The van der Waals surface area contributed by atoms with Crippen LogP contribution in [0.2, 0.25) is 0 Å². The van der Waals surface area contributed by atoms with Crippen LogP contribution in [0.15, 0.2) is 0 Å². The first-order chi connectivity index (χ1) is 7.63. The highest BCUT2D eigenvalue weighted by molar-refractivity contribution is 5.80. The van der Waals surface area contributed by atoms with Gasteiger partial charge in [-0.2, -0.15) is 0 Å². The van der Waals surface area contributed by atoms with Crippen LogP contribution < -0.4 is 0 Å². The van der Waals surface area contributed by atoms with Gasteiger partial charge in [-0.3, -0.25) is 9.59 Å². The Morgan fingerprint density at radius 3 is 2.75 bits per heavy atom. The van der Waals surface area contributed by atoms with Gasteiger partial charge < -0.3 is 4.74 Å². The van der Waals surface area contributed by atoms with Gasteiger partial charge in [0.25, 0.3) is 0 Å². The van der Waals surface area contributed by atoms with Gasteiger partial charge in [0.15, 0.2) is 0 Å². The number of hydrogen-bond acceptors (Lipinski definition) is 3. The molecule has 16 heavy (non-hydrogen) atoms. The monoisotopic (exact) mass is 226 g/mol. The lowest BCUT2D eigenvalue weighted by Gasteiger charge is -2.22. The van der Waals surface area contributed by atoms with Crippen LogP contribution in [0.4, 0.5) is 0 Å². The molecule has 0 bridgehead atoms. The molecule has 1 aliphatic rings. The fraction of sp³-hybridized carbons (Fsp3) is 0.846. The van der Waals surface area contributed by atoms with Crippen molar-refractivity contribution < 1.29 is 14.3 Å². The van der Waals surface area contributed by atoms with Gasteiger partial charge in [0, 0.05) is 25.7 Å².